The summed E-state index contributed by atoms with van der Waals surface area (Å²) in [6, 6.07) is 4.39. The predicted molar refractivity (Wildman–Crippen MR) is 49.4 cm³/mol. The highest BCUT2D eigenvalue weighted by molar-refractivity contribution is 5.46. The largest absolute Gasteiger partial charge is 0.396 e. The van der Waals surface area contributed by atoms with Gasteiger partial charge in [-0.2, -0.15) is 0 Å². The van der Waals surface area contributed by atoms with Gasteiger partial charge in [0.15, 0.2) is 0 Å². The molecule has 0 saturated carbocycles. The summed E-state index contributed by atoms with van der Waals surface area (Å²) in [5.74, 6) is 4.94. The van der Waals surface area contributed by atoms with Gasteiger partial charge < -0.3 is 10.8 Å². The van der Waals surface area contributed by atoms with Gasteiger partial charge in [0.05, 0.1) is 12.3 Å². The molecular formula is C10H10FNO. The molecule has 2 nitrogen and oxygen atoms in total. The summed E-state index contributed by atoms with van der Waals surface area (Å²) >= 11 is 0. The summed E-state index contributed by atoms with van der Waals surface area (Å²) in [6.07, 6.45) is 0.395. The van der Waals surface area contributed by atoms with Crippen LogP contribution < -0.4 is 5.73 Å². The summed E-state index contributed by atoms with van der Waals surface area (Å²) in [5.41, 5.74) is 5.97. The zero-order valence-corrected chi connectivity index (χ0v) is 7.05. The van der Waals surface area contributed by atoms with Crippen molar-refractivity contribution < 1.29 is 9.50 Å². The smallest absolute Gasteiger partial charge is 0.147 e. The molecular weight excluding hydrogens is 169 g/mol. The van der Waals surface area contributed by atoms with E-state index in [-0.39, 0.29) is 12.3 Å². The van der Waals surface area contributed by atoms with E-state index in [1.54, 1.807) is 6.07 Å². The van der Waals surface area contributed by atoms with Gasteiger partial charge in [0.2, 0.25) is 0 Å². The number of nitrogens with two attached hydrogens (primary N) is 1. The molecule has 13 heavy (non-hydrogen) atoms. The molecule has 0 bridgehead atoms. The first-order valence-corrected chi connectivity index (χ1v) is 3.89. The second-order valence-electron chi connectivity index (χ2n) is 2.51. The first-order valence-electron chi connectivity index (χ1n) is 3.89. The molecule has 0 radical (unpaired) electrons. The molecule has 1 rings (SSSR count). The van der Waals surface area contributed by atoms with E-state index in [9.17, 15) is 4.39 Å². The fourth-order valence-corrected chi connectivity index (χ4v) is 0.825. The van der Waals surface area contributed by atoms with E-state index >= 15 is 0 Å². The number of hydrogen-bond donors (Lipinski definition) is 2. The molecule has 3 N–H and O–H groups in total. The Hall–Kier alpha value is -1.53. The summed E-state index contributed by atoms with van der Waals surface area (Å²) in [7, 11) is 0. The van der Waals surface area contributed by atoms with Crippen molar-refractivity contribution in [2.24, 2.45) is 0 Å². The fraction of sp³-hybridized carbons (Fsp3) is 0.200. The normalized spacial score (nSPS) is 9.08. The van der Waals surface area contributed by atoms with Crippen molar-refractivity contribution in [2.45, 2.75) is 6.42 Å². The number of aliphatic hydroxyl groups excluding tert-OH is 1. The Labute approximate surface area is 76.2 Å². The number of aliphatic hydroxyl groups is 1. The zero-order valence-electron chi connectivity index (χ0n) is 7.05. The van der Waals surface area contributed by atoms with E-state index in [4.69, 9.17) is 10.8 Å². The number of halogens is 1. The Bertz CT molecular complexity index is 352. The molecule has 0 atom stereocenters. The van der Waals surface area contributed by atoms with Crippen LogP contribution >= 0.6 is 0 Å². The lowest BCUT2D eigenvalue weighted by Crippen LogP contribution is -1.90. The fourth-order valence-electron chi connectivity index (χ4n) is 0.825. The standard InChI is InChI=1S/C10H10FNO/c11-9-7-8(3-1-2-6-13)4-5-10(9)12/h4-5,7,13H,2,6,12H2. The van der Waals surface area contributed by atoms with Gasteiger partial charge in [-0.15, -0.1) is 0 Å². The van der Waals surface area contributed by atoms with Crippen LogP contribution in [0.15, 0.2) is 18.2 Å². The molecule has 0 aliphatic carbocycles. The molecule has 0 saturated heterocycles. The second kappa shape index (κ2) is 4.48. The van der Waals surface area contributed by atoms with Gasteiger partial charge in [-0.25, -0.2) is 4.39 Å². The van der Waals surface area contributed by atoms with Gasteiger partial charge in [-0.3, -0.25) is 0 Å². The first kappa shape index (κ1) is 9.56. The third kappa shape index (κ3) is 2.77. The number of benzene rings is 1. The van der Waals surface area contributed by atoms with Crippen LogP contribution in [0.1, 0.15) is 12.0 Å². The zero-order chi connectivity index (χ0) is 9.68. The van der Waals surface area contributed by atoms with Gasteiger partial charge in [-0.05, 0) is 18.2 Å². The Balaban J connectivity index is 2.81. The number of rotatable bonds is 1. The highest BCUT2D eigenvalue weighted by Crippen LogP contribution is 2.10. The molecule has 0 aliphatic rings. The molecule has 1 aromatic carbocycles. The van der Waals surface area contributed by atoms with Gasteiger partial charge in [0.1, 0.15) is 5.82 Å². The van der Waals surface area contributed by atoms with Crippen LogP contribution in [0.4, 0.5) is 10.1 Å². The highest BCUT2D eigenvalue weighted by Gasteiger charge is 1.96. The van der Waals surface area contributed by atoms with Crippen LogP contribution in [0.2, 0.25) is 0 Å². The van der Waals surface area contributed by atoms with Crippen molar-refractivity contribution in [1.29, 1.82) is 0 Å². The third-order valence-electron chi connectivity index (χ3n) is 1.47. The molecule has 3 heteroatoms. The Morgan fingerprint density at radius 3 is 2.85 bits per heavy atom. The van der Waals surface area contributed by atoms with Gasteiger partial charge >= 0.3 is 0 Å². The minimum absolute atomic E-state index is 0.0183. The molecule has 0 heterocycles. The Morgan fingerprint density at radius 2 is 2.23 bits per heavy atom. The van der Waals surface area contributed by atoms with E-state index in [0.29, 0.717) is 12.0 Å². The minimum atomic E-state index is -0.462. The molecule has 1 aromatic rings. The second-order valence-corrected chi connectivity index (χ2v) is 2.51. The maximum Gasteiger partial charge on any atom is 0.147 e. The van der Waals surface area contributed by atoms with Crippen molar-refractivity contribution in [2.75, 3.05) is 12.3 Å². The molecule has 0 unspecified atom stereocenters. The average Bonchev–Trinajstić information content (AvgIpc) is 2.12. The van der Waals surface area contributed by atoms with Crippen LogP contribution in [-0.4, -0.2) is 11.7 Å². The lowest BCUT2D eigenvalue weighted by molar-refractivity contribution is 0.305. The van der Waals surface area contributed by atoms with E-state index in [1.807, 2.05) is 0 Å². The monoisotopic (exact) mass is 179 g/mol. The summed E-state index contributed by atoms with van der Waals surface area (Å²) in [6.45, 7) is 0.0183. The SMILES string of the molecule is Nc1ccc(C#CCCO)cc1F. The van der Waals surface area contributed by atoms with Crippen LogP contribution in [0.3, 0.4) is 0 Å². The first-order chi connectivity index (χ1) is 6.24. The maximum atomic E-state index is 12.8. The lowest BCUT2D eigenvalue weighted by Gasteiger charge is -1.95. The Kier molecular flexibility index (Phi) is 3.30. The van der Waals surface area contributed by atoms with Crippen LogP contribution in [-0.2, 0) is 0 Å². The van der Waals surface area contributed by atoms with Crippen molar-refractivity contribution in [3.63, 3.8) is 0 Å². The number of hydrogen-bond acceptors (Lipinski definition) is 2. The highest BCUT2D eigenvalue weighted by atomic mass is 19.1. The van der Waals surface area contributed by atoms with Crippen molar-refractivity contribution in [3.05, 3.63) is 29.6 Å². The Morgan fingerprint density at radius 1 is 1.46 bits per heavy atom. The minimum Gasteiger partial charge on any atom is -0.396 e. The van der Waals surface area contributed by atoms with Crippen molar-refractivity contribution in [3.8, 4) is 11.8 Å². The summed E-state index contributed by atoms with van der Waals surface area (Å²) in [4.78, 5) is 0. The van der Waals surface area contributed by atoms with Crippen LogP contribution in [0.5, 0.6) is 0 Å². The van der Waals surface area contributed by atoms with Crippen LogP contribution in [0.25, 0.3) is 0 Å². The van der Waals surface area contributed by atoms with Gasteiger partial charge in [0.25, 0.3) is 0 Å². The summed E-state index contributed by atoms with van der Waals surface area (Å²) in [5, 5.41) is 8.45. The quantitative estimate of drug-likeness (QED) is 0.501. The van der Waals surface area contributed by atoms with E-state index < -0.39 is 5.82 Å². The van der Waals surface area contributed by atoms with E-state index in [1.165, 1.54) is 12.1 Å². The van der Waals surface area contributed by atoms with Gasteiger partial charge in [0, 0.05) is 12.0 Å². The van der Waals surface area contributed by atoms with Crippen molar-refractivity contribution in [1.82, 2.24) is 0 Å². The molecule has 0 spiro atoms. The van der Waals surface area contributed by atoms with E-state index in [0.717, 1.165) is 0 Å². The molecule has 0 amide bonds. The summed E-state index contributed by atoms with van der Waals surface area (Å²) < 4.78 is 12.8. The predicted octanol–water partition coefficient (Wildman–Crippen LogP) is 1.14. The van der Waals surface area contributed by atoms with Crippen molar-refractivity contribution >= 4 is 5.69 Å². The molecule has 0 fully saturated rings. The number of nitrogen functional groups attached to an aromatic ring is 1. The number of anilines is 1. The van der Waals surface area contributed by atoms with E-state index in [2.05, 4.69) is 11.8 Å². The topological polar surface area (TPSA) is 46.2 Å². The third-order valence-corrected chi connectivity index (χ3v) is 1.47. The molecule has 0 aliphatic heterocycles. The maximum absolute atomic E-state index is 12.8. The lowest BCUT2D eigenvalue weighted by atomic mass is 10.2. The van der Waals surface area contributed by atoms with Gasteiger partial charge in [-0.1, -0.05) is 11.8 Å². The molecule has 0 aromatic heterocycles. The molecule has 68 valence electrons. The average molecular weight is 179 g/mol. The van der Waals surface area contributed by atoms with Crippen LogP contribution in [0, 0.1) is 17.7 Å².